The summed E-state index contributed by atoms with van der Waals surface area (Å²) in [5, 5.41) is 7.25. The first-order valence-electron chi connectivity index (χ1n) is 6.38. The van der Waals surface area contributed by atoms with Gasteiger partial charge < -0.3 is 5.32 Å². The van der Waals surface area contributed by atoms with E-state index in [0.29, 0.717) is 0 Å². The van der Waals surface area contributed by atoms with Gasteiger partial charge in [0.2, 0.25) is 10.0 Å². The first-order valence-corrected chi connectivity index (χ1v) is 7.92. The second kappa shape index (κ2) is 6.60. The molecule has 0 bridgehead atoms. The molecule has 1 heterocycles. The quantitative estimate of drug-likeness (QED) is 0.736. The van der Waals surface area contributed by atoms with Gasteiger partial charge in [-0.05, 0) is 23.8 Å². The smallest absolute Gasteiger partial charge is 0.238 e. The fourth-order valence-electron chi connectivity index (χ4n) is 1.90. The molecule has 2 rings (SSSR count). The Kier molecular flexibility index (Phi) is 4.84. The largest absolute Gasteiger partial charge is 0.342 e. The number of rotatable bonds is 6. The highest BCUT2D eigenvalue weighted by atomic mass is 32.2. The molecular weight excluding hydrogens is 274 g/mol. The highest BCUT2D eigenvalue weighted by molar-refractivity contribution is 7.89. The van der Waals surface area contributed by atoms with Crippen LogP contribution >= 0.6 is 0 Å². The maximum atomic E-state index is 11.1. The molecule has 0 unspecified atom stereocenters. The van der Waals surface area contributed by atoms with Gasteiger partial charge in [0.15, 0.2) is 0 Å². The molecule has 20 heavy (non-hydrogen) atoms. The summed E-state index contributed by atoms with van der Waals surface area (Å²) in [6.45, 7) is 1.83. The van der Waals surface area contributed by atoms with E-state index in [2.05, 4.69) is 10.3 Å². The fourth-order valence-corrected chi connectivity index (χ4v) is 2.42. The topological polar surface area (TPSA) is 89.7 Å². The van der Waals surface area contributed by atoms with Crippen LogP contribution in [0.2, 0.25) is 0 Å². The average Bonchev–Trinajstić information content (AvgIpc) is 2.44. The zero-order valence-electron chi connectivity index (χ0n) is 11.1. The molecule has 6 heteroatoms. The molecule has 0 aliphatic rings. The molecule has 0 spiro atoms. The minimum Gasteiger partial charge on any atom is -0.342 e. The number of hydrogen-bond acceptors (Lipinski definition) is 3. The molecule has 4 N–H and O–H groups in total. The third kappa shape index (κ3) is 4.41. The van der Waals surface area contributed by atoms with Crippen molar-refractivity contribution in [3.05, 3.63) is 59.9 Å². The first kappa shape index (κ1) is 14.6. The van der Waals surface area contributed by atoms with Crippen molar-refractivity contribution in [3.8, 4) is 0 Å². The molecule has 0 saturated heterocycles. The summed E-state index contributed by atoms with van der Waals surface area (Å²) in [5.74, 6) is 0. The number of aromatic nitrogens is 1. The van der Waals surface area contributed by atoms with Crippen LogP contribution in [0.5, 0.6) is 0 Å². The molecule has 1 aromatic heterocycles. The third-order valence-corrected chi connectivity index (χ3v) is 3.92. The van der Waals surface area contributed by atoms with Crippen molar-refractivity contribution in [3.63, 3.8) is 0 Å². The van der Waals surface area contributed by atoms with Crippen molar-refractivity contribution in [1.82, 2.24) is 4.98 Å². The van der Waals surface area contributed by atoms with E-state index in [9.17, 15) is 8.42 Å². The summed E-state index contributed by atoms with van der Waals surface area (Å²) in [6.07, 6.45) is 4.50. The van der Waals surface area contributed by atoms with E-state index < -0.39 is 10.0 Å². The number of nitrogens with zero attached hydrogens (tertiary/aromatic N) is 1. The van der Waals surface area contributed by atoms with Gasteiger partial charge in [0.05, 0.1) is 11.4 Å². The zero-order valence-corrected chi connectivity index (χ0v) is 11.9. The SMILES string of the molecule is NS(=O)(=O)c1ccc(CC[NH2+]Cc2cccnc2)cc1. The van der Waals surface area contributed by atoms with Crippen molar-refractivity contribution in [2.45, 2.75) is 17.9 Å². The zero-order chi connectivity index (χ0) is 14.4. The van der Waals surface area contributed by atoms with Crippen molar-refractivity contribution >= 4 is 10.0 Å². The van der Waals surface area contributed by atoms with E-state index in [1.165, 1.54) is 5.56 Å². The summed E-state index contributed by atoms with van der Waals surface area (Å²) in [5.41, 5.74) is 2.29. The second-order valence-electron chi connectivity index (χ2n) is 4.58. The predicted octanol–water partition coefficient (Wildman–Crippen LogP) is 0.0351. The standard InChI is InChI=1S/C14H17N3O2S/c15-20(18,19)14-5-3-12(4-6-14)7-9-17-11-13-2-1-8-16-10-13/h1-6,8,10,17H,7,9,11H2,(H2,15,18,19)/p+1. The van der Waals surface area contributed by atoms with Crippen LogP contribution in [-0.2, 0) is 23.0 Å². The Morgan fingerprint density at radius 2 is 1.85 bits per heavy atom. The molecule has 0 fully saturated rings. The Balaban J connectivity index is 1.80. The number of benzene rings is 1. The molecule has 0 saturated carbocycles. The van der Waals surface area contributed by atoms with Gasteiger partial charge in [0.1, 0.15) is 6.54 Å². The lowest BCUT2D eigenvalue weighted by atomic mass is 10.1. The monoisotopic (exact) mass is 292 g/mol. The minimum absolute atomic E-state index is 0.153. The fraction of sp³-hybridized carbons (Fsp3) is 0.214. The van der Waals surface area contributed by atoms with Crippen LogP contribution in [0, 0.1) is 0 Å². The van der Waals surface area contributed by atoms with E-state index in [1.54, 1.807) is 30.5 Å². The van der Waals surface area contributed by atoms with Gasteiger partial charge in [-0.15, -0.1) is 0 Å². The number of hydrogen-bond donors (Lipinski definition) is 2. The van der Waals surface area contributed by atoms with E-state index in [4.69, 9.17) is 5.14 Å². The Labute approximate surface area is 118 Å². The summed E-state index contributed by atoms with van der Waals surface area (Å²) in [7, 11) is -3.60. The third-order valence-electron chi connectivity index (χ3n) is 2.99. The van der Waals surface area contributed by atoms with Crippen molar-refractivity contribution in [1.29, 1.82) is 0 Å². The van der Waals surface area contributed by atoms with E-state index in [1.807, 2.05) is 18.3 Å². The average molecular weight is 292 g/mol. The maximum absolute atomic E-state index is 11.1. The highest BCUT2D eigenvalue weighted by Crippen LogP contribution is 2.08. The number of nitrogens with two attached hydrogens (primary N) is 2. The van der Waals surface area contributed by atoms with Crippen LogP contribution in [-0.4, -0.2) is 19.9 Å². The van der Waals surface area contributed by atoms with Crippen LogP contribution in [0.4, 0.5) is 0 Å². The van der Waals surface area contributed by atoms with Gasteiger partial charge in [-0.3, -0.25) is 4.98 Å². The van der Waals surface area contributed by atoms with E-state index in [-0.39, 0.29) is 4.90 Å². The summed E-state index contributed by atoms with van der Waals surface area (Å²) in [6, 6.07) is 10.7. The molecule has 106 valence electrons. The van der Waals surface area contributed by atoms with Crippen molar-refractivity contribution in [2.24, 2.45) is 5.14 Å². The van der Waals surface area contributed by atoms with Crippen LogP contribution in [0.3, 0.4) is 0 Å². The second-order valence-corrected chi connectivity index (χ2v) is 6.14. The number of pyridine rings is 1. The van der Waals surface area contributed by atoms with Gasteiger partial charge >= 0.3 is 0 Å². The molecule has 2 aromatic rings. The lowest BCUT2D eigenvalue weighted by Crippen LogP contribution is -2.83. The molecule has 5 nitrogen and oxygen atoms in total. The van der Waals surface area contributed by atoms with Crippen molar-refractivity contribution in [2.75, 3.05) is 6.54 Å². The minimum atomic E-state index is -3.60. The Bertz CT molecular complexity index is 640. The maximum Gasteiger partial charge on any atom is 0.238 e. The highest BCUT2D eigenvalue weighted by Gasteiger charge is 2.06. The summed E-state index contributed by atoms with van der Waals surface area (Å²) in [4.78, 5) is 4.22. The van der Waals surface area contributed by atoms with Gasteiger partial charge in [0, 0.05) is 24.4 Å². The molecular formula is C14H18N3O2S+. The number of quaternary nitrogens is 1. The summed E-state index contributed by atoms with van der Waals surface area (Å²) >= 11 is 0. The van der Waals surface area contributed by atoms with Gasteiger partial charge in [-0.25, -0.2) is 13.6 Å². The predicted molar refractivity (Wildman–Crippen MR) is 76.3 cm³/mol. The molecule has 1 aromatic carbocycles. The molecule has 0 atom stereocenters. The van der Waals surface area contributed by atoms with Crippen LogP contribution in [0.15, 0.2) is 53.7 Å². The lowest BCUT2D eigenvalue weighted by Gasteiger charge is -2.03. The first-order chi connectivity index (χ1) is 9.55. The normalized spacial score (nSPS) is 11.4. The van der Waals surface area contributed by atoms with E-state index in [0.717, 1.165) is 25.1 Å². The molecule has 0 aliphatic carbocycles. The molecule has 0 amide bonds. The van der Waals surface area contributed by atoms with Crippen LogP contribution in [0.25, 0.3) is 0 Å². The molecule has 0 aliphatic heterocycles. The number of primary sulfonamides is 1. The van der Waals surface area contributed by atoms with Crippen LogP contribution < -0.4 is 10.5 Å². The Morgan fingerprint density at radius 3 is 2.45 bits per heavy atom. The van der Waals surface area contributed by atoms with Gasteiger partial charge in [0.25, 0.3) is 0 Å². The van der Waals surface area contributed by atoms with E-state index >= 15 is 0 Å². The van der Waals surface area contributed by atoms with Crippen LogP contribution in [0.1, 0.15) is 11.1 Å². The number of sulfonamides is 1. The lowest BCUT2D eigenvalue weighted by molar-refractivity contribution is -0.670. The van der Waals surface area contributed by atoms with Gasteiger partial charge in [-0.2, -0.15) is 0 Å². The Morgan fingerprint density at radius 1 is 1.10 bits per heavy atom. The van der Waals surface area contributed by atoms with Gasteiger partial charge in [-0.1, -0.05) is 18.2 Å². The molecule has 0 radical (unpaired) electrons. The summed E-state index contributed by atoms with van der Waals surface area (Å²) < 4.78 is 22.3. The Hall–Kier alpha value is -1.76. The van der Waals surface area contributed by atoms with Crippen molar-refractivity contribution < 1.29 is 13.7 Å².